The van der Waals surface area contributed by atoms with E-state index in [2.05, 4.69) is 28.1 Å². The van der Waals surface area contributed by atoms with Gasteiger partial charge >= 0.3 is 0 Å². The second-order valence-electron chi connectivity index (χ2n) is 3.04. The van der Waals surface area contributed by atoms with Crippen LogP contribution in [0, 0.1) is 0 Å². The Hall–Kier alpha value is -0.540. The van der Waals surface area contributed by atoms with Gasteiger partial charge in [-0.05, 0) is 17.7 Å². The quantitative estimate of drug-likeness (QED) is 0.598. The van der Waals surface area contributed by atoms with E-state index in [0.717, 1.165) is 17.7 Å². The molecule has 1 aliphatic heterocycles. The molecule has 1 atom stereocenters. The van der Waals surface area contributed by atoms with Crippen LogP contribution in [0.25, 0.3) is 0 Å². The first-order chi connectivity index (χ1) is 6.38. The predicted molar refractivity (Wildman–Crippen MR) is 54.3 cm³/mol. The summed E-state index contributed by atoms with van der Waals surface area (Å²) in [5.41, 5.74) is 1.26. The largest absolute Gasteiger partial charge is 0.491 e. The summed E-state index contributed by atoms with van der Waals surface area (Å²) in [5, 5.41) is 0.888. The van der Waals surface area contributed by atoms with Gasteiger partial charge in [-0.15, -0.1) is 0 Å². The molecule has 0 radical (unpaired) electrons. The molecule has 0 saturated carbocycles. The van der Waals surface area contributed by atoms with Crippen molar-refractivity contribution >= 4 is 15.9 Å². The maximum Gasteiger partial charge on any atom is 0.119 e. The van der Waals surface area contributed by atoms with Crippen molar-refractivity contribution in [1.82, 2.24) is 0 Å². The number of hydrogen-bond acceptors (Lipinski definition) is 2. The fourth-order valence-corrected chi connectivity index (χ4v) is 1.40. The Morgan fingerprint density at radius 1 is 1.38 bits per heavy atom. The minimum absolute atomic E-state index is 0.329. The Kier molecular flexibility index (Phi) is 2.86. The first-order valence-corrected chi connectivity index (χ1v) is 5.40. The normalized spacial score (nSPS) is 19.9. The minimum Gasteiger partial charge on any atom is -0.491 e. The van der Waals surface area contributed by atoms with Gasteiger partial charge in [-0.3, -0.25) is 0 Å². The van der Waals surface area contributed by atoms with E-state index in [9.17, 15) is 0 Å². The summed E-state index contributed by atoms with van der Waals surface area (Å²) in [6.07, 6.45) is 0.329. The van der Waals surface area contributed by atoms with Gasteiger partial charge in [0.25, 0.3) is 0 Å². The Bertz CT molecular complexity index is 267. The van der Waals surface area contributed by atoms with Gasteiger partial charge in [0.15, 0.2) is 0 Å². The van der Waals surface area contributed by atoms with Gasteiger partial charge in [-0.2, -0.15) is 0 Å². The van der Waals surface area contributed by atoms with Crippen molar-refractivity contribution in [1.29, 1.82) is 0 Å². The van der Waals surface area contributed by atoms with Gasteiger partial charge < -0.3 is 9.47 Å². The molecule has 1 aromatic carbocycles. The van der Waals surface area contributed by atoms with Crippen LogP contribution in [0.3, 0.4) is 0 Å². The molecule has 1 fully saturated rings. The van der Waals surface area contributed by atoms with Crippen molar-refractivity contribution in [2.24, 2.45) is 0 Å². The topological polar surface area (TPSA) is 21.8 Å². The van der Waals surface area contributed by atoms with Crippen LogP contribution in [0.2, 0.25) is 0 Å². The third-order valence-electron chi connectivity index (χ3n) is 1.92. The summed E-state index contributed by atoms with van der Waals surface area (Å²) >= 11 is 3.39. The maximum atomic E-state index is 5.49. The van der Waals surface area contributed by atoms with E-state index >= 15 is 0 Å². The average Bonchev–Trinajstić information content (AvgIpc) is 2.99. The number of alkyl halides is 1. The smallest absolute Gasteiger partial charge is 0.119 e. The molecule has 13 heavy (non-hydrogen) atoms. The molecule has 0 N–H and O–H groups in total. The number of epoxide rings is 1. The molecule has 1 aromatic rings. The molecule has 2 rings (SSSR count). The van der Waals surface area contributed by atoms with Crippen molar-refractivity contribution in [2.75, 3.05) is 13.2 Å². The monoisotopic (exact) mass is 242 g/mol. The van der Waals surface area contributed by atoms with E-state index in [0.29, 0.717) is 12.7 Å². The van der Waals surface area contributed by atoms with Crippen LogP contribution in [0.15, 0.2) is 24.3 Å². The lowest BCUT2D eigenvalue weighted by Crippen LogP contribution is -2.03. The third kappa shape index (κ3) is 2.71. The summed E-state index contributed by atoms with van der Waals surface area (Å²) in [5.74, 6) is 0.917. The molecule has 1 aliphatic rings. The fourth-order valence-electron chi connectivity index (χ4n) is 1.03. The first-order valence-electron chi connectivity index (χ1n) is 4.28. The lowest BCUT2D eigenvalue weighted by Gasteiger charge is -2.03. The maximum absolute atomic E-state index is 5.49. The minimum atomic E-state index is 0.329. The Morgan fingerprint density at radius 3 is 2.62 bits per heavy atom. The molecule has 0 aliphatic carbocycles. The van der Waals surface area contributed by atoms with Crippen molar-refractivity contribution < 1.29 is 9.47 Å². The van der Waals surface area contributed by atoms with E-state index in [1.54, 1.807) is 0 Å². The summed E-state index contributed by atoms with van der Waals surface area (Å²) in [4.78, 5) is 0. The van der Waals surface area contributed by atoms with Crippen LogP contribution < -0.4 is 4.74 Å². The SMILES string of the molecule is BrCc1ccc(OCC2CO2)cc1. The van der Waals surface area contributed by atoms with Crippen LogP contribution >= 0.6 is 15.9 Å². The highest BCUT2D eigenvalue weighted by Crippen LogP contribution is 2.16. The lowest BCUT2D eigenvalue weighted by atomic mass is 10.2. The van der Waals surface area contributed by atoms with Crippen molar-refractivity contribution in [3.63, 3.8) is 0 Å². The number of hydrogen-bond donors (Lipinski definition) is 0. The summed E-state index contributed by atoms with van der Waals surface area (Å²) in [7, 11) is 0. The van der Waals surface area contributed by atoms with Gasteiger partial charge in [0.05, 0.1) is 6.61 Å². The van der Waals surface area contributed by atoms with Crippen LogP contribution in [0.5, 0.6) is 5.75 Å². The second kappa shape index (κ2) is 4.11. The molecule has 1 saturated heterocycles. The molecule has 2 nitrogen and oxygen atoms in total. The van der Waals surface area contributed by atoms with Gasteiger partial charge in [-0.25, -0.2) is 0 Å². The van der Waals surface area contributed by atoms with Crippen molar-refractivity contribution in [2.45, 2.75) is 11.4 Å². The standard InChI is InChI=1S/C10H11BrO2/c11-5-8-1-3-9(4-2-8)12-6-10-7-13-10/h1-4,10H,5-7H2. The third-order valence-corrected chi connectivity index (χ3v) is 2.56. The Balaban J connectivity index is 1.88. The van der Waals surface area contributed by atoms with Crippen LogP contribution in [-0.2, 0) is 10.1 Å². The molecule has 1 heterocycles. The molecule has 0 spiro atoms. The van der Waals surface area contributed by atoms with E-state index in [1.807, 2.05) is 12.1 Å². The van der Waals surface area contributed by atoms with Gasteiger partial charge in [0.1, 0.15) is 18.5 Å². The number of halogens is 1. The molecule has 3 heteroatoms. The highest BCUT2D eigenvalue weighted by Gasteiger charge is 2.22. The molecular weight excluding hydrogens is 232 g/mol. The van der Waals surface area contributed by atoms with Crippen molar-refractivity contribution in [3.8, 4) is 5.75 Å². The van der Waals surface area contributed by atoms with Crippen LogP contribution in [-0.4, -0.2) is 19.3 Å². The summed E-state index contributed by atoms with van der Waals surface area (Å²) in [6.45, 7) is 1.52. The summed E-state index contributed by atoms with van der Waals surface area (Å²) in [6, 6.07) is 8.08. The Morgan fingerprint density at radius 2 is 2.08 bits per heavy atom. The van der Waals surface area contributed by atoms with E-state index < -0.39 is 0 Å². The second-order valence-corrected chi connectivity index (χ2v) is 3.60. The van der Waals surface area contributed by atoms with Crippen LogP contribution in [0.4, 0.5) is 0 Å². The molecular formula is C10H11BrO2. The Labute approximate surface area is 86.0 Å². The van der Waals surface area contributed by atoms with E-state index in [1.165, 1.54) is 5.56 Å². The van der Waals surface area contributed by atoms with Gasteiger partial charge in [-0.1, -0.05) is 28.1 Å². The number of benzene rings is 1. The summed E-state index contributed by atoms with van der Waals surface area (Å²) < 4.78 is 10.5. The number of rotatable bonds is 4. The number of ether oxygens (including phenoxy) is 2. The van der Waals surface area contributed by atoms with Gasteiger partial charge in [0.2, 0.25) is 0 Å². The van der Waals surface area contributed by atoms with Gasteiger partial charge in [0, 0.05) is 5.33 Å². The molecule has 0 amide bonds. The molecule has 1 unspecified atom stereocenters. The lowest BCUT2D eigenvalue weighted by molar-refractivity contribution is 0.263. The molecule has 0 aromatic heterocycles. The molecule has 70 valence electrons. The zero-order valence-corrected chi connectivity index (χ0v) is 8.79. The van der Waals surface area contributed by atoms with Crippen molar-refractivity contribution in [3.05, 3.63) is 29.8 Å². The van der Waals surface area contributed by atoms with E-state index in [-0.39, 0.29) is 0 Å². The van der Waals surface area contributed by atoms with E-state index in [4.69, 9.17) is 9.47 Å². The fraction of sp³-hybridized carbons (Fsp3) is 0.400. The zero-order valence-electron chi connectivity index (χ0n) is 7.20. The van der Waals surface area contributed by atoms with Crippen LogP contribution in [0.1, 0.15) is 5.56 Å². The average molecular weight is 243 g/mol. The predicted octanol–water partition coefficient (Wildman–Crippen LogP) is 2.36. The molecule has 0 bridgehead atoms. The highest BCUT2D eigenvalue weighted by molar-refractivity contribution is 9.08. The zero-order chi connectivity index (χ0) is 9.10. The highest BCUT2D eigenvalue weighted by atomic mass is 79.9. The first kappa shape index (κ1) is 9.03.